The number of hydrogen-bond donors (Lipinski definition) is 1. The van der Waals surface area contributed by atoms with Crippen LogP contribution in [0, 0.1) is 17.2 Å². The first-order valence-electron chi connectivity index (χ1n) is 10.6. The number of pyridine rings is 1. The molecule has 2 aliphatic rings. The van der Waals surface area contributed by atoms with Crippen molar-refractivity contribution in [1.82, 2.24) is 4.98 Å². The van der Waals surface area contributed by atoms with E-state index in [1.807, 2.05) is 24.4 Å². The van der Waals surface area contributed by atoms with E-state index < -0.39 is 0 Å². The summed E-state index contributed by atoms with van der Waals surface area (Å²) in [6.07, 6.45) is 6.52. The minimum absolute atomic E-state index is 0.0172. The highest BCUT2D eigenvalue weighted by Gasteiger charge is 2.55. The van der Waals surface area contributed by atoms with Crippen LogP contribution in [-0.4, -0.2) is 10.9 Å². The van der Waals surface area contributed by atoms with Crippen molar-refractivity contribution in [1.29, 1.82) is 0 Å². The average Bonchev–Trinajstić information content (AvgIpc) is 2.73. The van der Waals surface area contributed by atoms with E-state index in [9.17, 15) is 9.18 Å². The van der Waals surface area contributed by atoms with Crippen LogP contribution >= 0.6 is 11.6 Å². The molecule has 2 N–H and O–H groups in total. The molecular formula is C25H24ClFN2O. The lowest BCUT2D eigenvalue weighted by Gasteiger charge is -2.59. The summed E-state index contributed by atoms with van der Waals surface area (Å²) >= 11 is 6.16. The van der Waals surface area contributed by atoms with Gasteiger partial charge in [0, 0.05) is 22.5 Å². The second-order valence-electron chi connectivity index (χ2n) is 8.94. The standard InChI is InChI=1S/C25H24ClFN2O/c26-17-3-1-15(2-4-17)23-21(14-25(23)10-7-16(8-11-25)24(28)30)19-9-12-29-22-6-5-18(27)13-20(19)22/h1-6,9,12-13,16,21,23H,7-8,10-11,14H2,(H2,28,30). The number of primary amides is 1. The second-order valence-corrected chi connectivity index (χ2v) is 9.38. The van der Waals surface area contributed by atoms with Gasteiger partial charge in [-0.15, -0.1) is 0 Å². The summed E-state index contributed by atoms with van der Waals surface area (Å²) in [6, 6.07) is 15.0. The van der Waals surface area contributed by atoms with Crippen molar-refractivity contribution < 1.29 is 9.18 Å². The zero-order valence-electron chi connectivity index (χ0n) is 16.7. The van der Waals surface area contributed by atoms with E-state index in [2.05, 4.69) is 17.1 Å². The molecule has 0 radical (unpaired) electrons. The Morgan fingerprint density at radius 2 is 1.83 bits per heavy atom. The molecule has 2 saturated carbocycles. The summed E-state index contributed by atoms with van der Waals surface area (Å²) in [5.74, 6) is 0.146. The number of rotatable bonds is 3. The molecule has 2 atom stereocenters. The number of halogens is 2. The zero-order valence-corrected chi connectivity index (χ0v) is 17.4. The molecule has 2 aliphatic carbocycles. The van der Waals surface area contributed by atoms with E-state index in [4.69, 9.17) is 17.3 Å². The third-order valence-electron chi connectivity index (χ3n) is 7.44. The Kier molecular flexibility index (Phi) is 4.78. The number of nitrogens with zero attached hydrogens (tertiary/aromatic N) is 1. The summed E-state index contributed by atoms with van der Waals surface area (Å²) < 4.78 is 14.0. The van der Waals surface area contributed by atoms with Crippen LogP contribution in [0.1, 0.15) is 55.1 Å². The Morgan fingerprint density at radius 1 is 1.10 bits per heavy atom. The molecule has 2 aromatic carbocycles. The van der Waals surface area contributed by atoms with Crippen molar-refractivity contribution in [3.05, 3.63) is 76.7 Å². The molecule has 154 valence electrons. The Hall–Kier alpha value is -2.46. The van der Waals surface area contributed by atoms with Gasteiger partial charge in [0.1, 0.15) is 5.82 Å². The van der Waals surface area contributed by atoms with Crippen LogP contribution < -0.4 is 5.73 Å². The van der Waals surface area contributed by atoms with Crippen molar-refractivity contribution in [3.8, 4) is 0 Å². The third-order valence-corrected chi connectivity index (χ3v) is 7.69. The summed E-state index contributed by atoms with van der Waals surface area (Å²) in [6.45, 7) is 0. The van der Waals surface area contributed by atoms with E-state index in [0.717, 1.165) is 53.6 Å². The van der Waals surface area contributed by atoms with Gasteiger partial charge in [-0.1, -0.05) is 23.7 Å². The van der Waals surface area contributed by atoms with Gasteiger partial charge in [0.15, 0.2) is 0 Å². The molecular weight excluding hydrogens is 399 g/mol. The zero-order chi connectivity index (χ0) is 20.9. The average molecular weight is 423 g/mol. The summed E-state index contributed by atoms with van der Waals surface area (Å²) in [4.78, 5) is 16.1. The SMILES string of the molecule is NC(=O)C1CCC2(CC1)CC(c1ccnc3ccc(F)cc13)C2c1ccc(Cl)cc1. The van der Waals surface area contributed by atoms with Crippen LogP contribution in [0.5, 0.6) is 0 Å². The van der Waals surface area contributed by atoms with Crippen molar-refractivity contribution in [2.24, 2.45) is 17.1 Å². The quantitative estimate of drug-likeness (QED) is 0.566. The Labute approximate surface area is 180 Å². The fourth-order valence-corrected chi connectivity index (χ4v) is 6.08. The first-order valence-corrected chi connectivity index (χ1v) is 10.9. The van der Waals surface area contributed by atoms with Crippen LogP contribution in [0.25, 0.3) is 10.9 Å². The van der Waals surface area contributed by atoms with Gasteiger partial charge in [0.05, 0.1) is 5.52 Å². The molecule has 3 nitrogen and oxygen atoms in total. The van der Waals surface area contributed by atoms with Gasteiger partial charge in [-0.2, -0.15) is 0 Å². The van der Waals surface area contributed by atoms with Gasteiger partial charge < -0.3 is 5.73 Å². The van der Waals surface area contributed by atoms with Gasteiger partial charge in [0.2, 0.25) is 5.91 Å². The Balaban J connectivity index is 1.56. The number of hydrogen-bond acceptors (Lipinski definition) is 2. The van der Waals surface area contributed by atoms with Crippen LogP contribution in [-0.2, 0) is 4.79 Å². The number of amides is 1. The number of fused-ring (bicyclic) bond motifs is 1. The topological polar surface area (TPSA) is 56.0 Å². The fourth-order valence-electron chi connectivity index (χ4n) is 5.95. The summed E-state index contributed by atoms with van der Waals surface area (Å²) in [5, 5.41) is 1.61. The normalized spacial score (nSPS) is 28.4. The van der Waals surface area contributed by atoms with E-state index in [0.29, 0.717) is 5.92 Å². The van der Waals surface area contributed by atoms with Crippen molar-refractivity contribution >= 4 is 28.4 Å². The highest BCUT2D eigenvalue weighted by molar-refractivity contribution is 6.30. The number of carbonyl (C=O) groups excluding carboxylic acids is 1. The minimum Gasteiger partial charge on any atom is -0.369 e. The van der Waals surface area contributed by atoms with Crippen molar-refractivity contribution in [3.63, 3.8) is 0 Å². The number of nitrogens with two attached hydrogens (primary N) is 1. The Morgan fingerprint density at radius 3 is 2.53 bits per heavy atom. The van der Waals surface area contributed by atoms with Crippen molar-refractivity contribution in [2.75, 3.05) is 0 Å². The first-order chi connectivity index (χ1) is 14.5. The predicted molar refractivity (Wildman–Crippen MR) is 117 cm³/mol. The summed E-state index contributed by atoms with van der Waals surface area (Å²) in [5.41, 5.74) is 8.96. The predicted octanol–water partition coefficient (Wildman–Crippen LogP) is 5.96. The molecule has 0 saturated heterocycles. The molecule has 1 amide bonds. The van der Waals surface area contributed by atoms with E-state index in [-0.39, 0.29) is 29.0 Å². The maximum atomic E-state index is 14.0. The molecule has 0 bridgehead atoms. The second kappa shape index (κ2) is 7.35. The van der Waals surface area contributed by atoms with Gasteiger partial charge in [-0.3, -0.25) is 9.78 Å². The lowest BCUT2D eigenvalue weighted by molar-refractivity contribution is -0.124. The molecule has 5 rings (SSSR count). The highest BCUT2D eigenvalue weighted by atomic mass is 35.5. The molecule has 30 heavy (non-hydrogen) atoms. The largest absolute Gasteiger partial charge is 0.369 e. The van der Waals surface area contributed by atoms with E-state index in [1.54, 1.807) is 12.1 Å². The molecule has 2 fully saturated rings. The lowest BCUT2D eigenvalue weighted by atomic mass is 9.45. The van der Waals surface area contributed by atoms with Gasteiger partial charge in [0.25, 0.3) is 0 Å². The van der Waals surface area contributed by atoms with E-state index in [1.165, 1.54) is 11.6 Å². The maximum absolute atomic E-state index is 14.0. The van der Waals surface area contributed by atoms with Crippen LogP contribution in [0.2, 0.25) is 5.02 Å². The lowest BCUT2D eigenvalue weighted by Crippen LogP contribution is -2.48. The Bertz CT molecular complexity index is 1110. The van der Waals surface area contributed by atoms with Gasteiger partial charge >= 0.3 is 0 Å². The molecule has 1 heterocycles. The van der Waals surface area contributed by atoms with Crippen LogP contribution in [0.15, 0.2) is 54.7 Å². The van der Waals surface area contributed by atoms with Gasteiger partial charge in [-0.25, -0.2) is 4.39 Å². The molecule has 3 aromatic rings. The molecule has 1 spiro atoms. The first kappa shape index (κ1) is 19.5. The molecule has 5 heteroatoms. The number of carbonyl (C=O) groups is 1. The molecule has 0 aliphatic heterocycles. The fraction of sp³-hybridized carbons (Fsp3) is 0.360. The maximum Gasteiger partial charge on any atom is 0.220 e. The smallest absolute Gasteiger partial charge is 0.220 e. The highest BCUT2D eigenvalue weighted by Crippen LogP contribution is 2.67. The third kappa shape index (κ3) is 3.18. The molecule has 2 unspecified atom stereocenters. The number of aromatic nitrogens is 1. The molecule has 1 aromatic heterocycles. The monoisotopic (exact) mass is 422 g/mol. The summed E-state index contributed by atoms with van der Waals surface area (Å²) in [7, 11) is 0. The van der Waals surface area contributed by atoms with Crippen LogP contribution in [0.3, 0.4) is 0 Å². The minimum atomic E-state index is -0.240. The van der Waals surface area contributed by atoms with Crippen LogP contribution in [0.4, 0.5) is 4.39 Å². The number of benzene rings is 2. The van der Waals surface area contributed by atoms with Crippen molar-refractivity contribution in [2.45, 2.75) is 43.9 Å². The van der Waals surface area contributed by atoms with Gasteiger partial charge in [-0.05, 0) is 96.9 Å². The van der Waals surface area contributed by atoms with E-state index >= 15 is 0 Å².